The molecule has 108 valence electrons. The molecule has 1 aliphatic carbocycles. The fourth-order valence-corrected chi connectivity index (χ4v) is 3.83. The van der Waals surface area contributed by atoms with Crippen LogP contribution in [0.1, 0.15) is 42.5 Å². The zero-order chi connectivity index (χ0) is 14.3. The van der Waals surface area contributed by atoms with Gasteiger partial charge < -0.3 is 5.32 Å². The minimum atomic E-state index is -0.636. The summed E-state index contributed by atoms with van der Waals surface area (Å²) in [6, 6.07) is -0.254. The minimum Gasteiger partial charge on any atom is -0.323 e. The summed E-state index contributed by atoms with van der Waals surface area (Å²) < 4.78 is 0. The number of thiazole rings is 1. The highest BCUT2D eigenvalue weighted by Crippen LogP contribution is 2.36. The van der Waals surface area contributed by atoms with Gasteiger partial charge in [0.2, 0.25) is 0 Å². The SMILES string of the molecule is Cc1ncc(CN2C(=O)NC3(CCC(C)CC3)C2=O)s1. The average Bonchev–Trinajstić information content (AvgIpc) is 2.92. The molecule has 0 radical (unpaired) electrons. The second-order valence-electron chi connectivity index (χ2n) is 5.93. The first-order chi connectivity index (χ1) is 9.50. The molecule has 0 aromatic carbocycles. The molecule has 1 saturated carbocycles. The van der Waals surface area contributed by atoms with Crippen LogP contribution in [-0.2, 0) is 11.3 Å². The highest BCUT2D eigenvalue weighted by Gasteiger charge is 2.51. The molecule has 2 fully saturated rings. The van der Waals surface area contributed by atoms with Gasteiger partial charge in [0, 0.05) is 11.1 Å². The van der Waals surface area contributed by atoms with E-state index in [1.165, 1.54) is 16.2 Å². The summed E-state index contributed by atoms with van der Waals surface area (Å²) in [5, 5.41) is 3.89. The molecule has 5 nitrogen and oxygen atoms in total. The predicted octanol–water partition coefficient (Wildman–Crippen LogP) is 2.45. The van der Waals surface area contributed by atoms with Crippen molar-refractivity contribution in [2.24, 2.45) is 5.92 Å². The first kappa shape index (κ1) is 13.5. The topological polar surface area (TPSA) is 62.3 Å². The first-order valence-electron chi connectivity index (χ1n) is 7.05. The van der Waals surface area contributed by atoms with Crippen LogP contribution in [-0.4, -0.2) is 27.4 Å². The van der Waals surface area contributed by atoms with Crippen LogP contribution >= 0.6 is 11.3 Å². The second kappa shape index (κ2) is 4.84. The Morgan fingerprint density at radius 3 is 2.75 bits per heavy atom. The van der Waals surface area contributed by atoms with Gasteiger partial charge in [-0.1, -0.05) is 6.92 Å². The number of aryl methyl sites for hydroxylation is 1. The number of nitrogens with zero attached hydrogens (tertiary/aromatic N) is 2. The third-order valence-corrected chi connectivity index (χ3v) is 5.25. The number of hydrogen-bond donors (Lipinski definition) is 1. The maximum atomic E-state index is 12.6. The second-order valence-corrected chi connectivity index (χ2v) is 7.25. The van der Waals surface area contributed by atoms with Gasteiger partial charge in [-0.15, -0.1) is 11.3 Å². The summed E-state index contributed by atoms with van der Waals surface area (Å²) in [5.41, 5.74) is -0.636. The van der Waals surface area contributed by atoms with Crippen LogP contribution in [0.4, 0.5) is 4.79 Å². The summed E-state index contributed by atoms with van der Waals surface area (Å²) in [6.45, 7) is 4.46. The molecule has 2 heterocycles. The van der Waals surface area contributed by atoms with E-state index < -0.39 is 5.54 Å². The maximum absolute atomic E-state index is 12.6. The van der Waals surface area contributed by atoms with Gasteiger partial charge in [-0.25, -0.2) is 9.78 Å². The lowest BCUT2D eigenvalue weighted by molar-refractivity contribution is -0.133. The van der Waals surface area contributed by atoms with Crippen molar-refractivity contribution >= 4 is 23.3 Å². The molecule has 3 rings (SSSR count). The van der Waals surface area contributed by atoms with Gasteiger partial charge in [-0.3, -0.25) is 9.69 Å². The van der Waals surface area contributed by atoms with E-state index in [0.717, 1.165) is 35.6 Å². The van der Waals surface area contributed by atoms with Crippen molar-refractivity contribution in [2.45, 2.75) is 51.6 Å². The van der Waals surface area contributed by atoms with Gasteiger partial charge in [-0.05, 0) is 38.5 Å². The average molecular weight is 293 g/mol. The van der Waals surface area contributed by atoms with Crippen molar-refractivity contribution in [1.29, 1.82) is 0 Å². The number of rotatable bonds is 2. The number of hydrogen-bond acceptors (Lipinski definition) is 4. The van der Waals surface area contributed by atoms with Crippen LogP contribution in [0.5, 0.6) is 0 Å². The van der Waals surface area contributed by atoms with Crippen LogP contribution < -0.4 is 5.32 Å². The standard InChI is InChI=1S/C14H19N3O2S/c1-9-3-5-14(6-4-9)12(18)17(13(19)16-14)8-11-7-15-10(2)20-11/h7,9H,3-6,8H2,1-2H3,(H,16,19). The number of amides is 3. The molecule has 20 heavy (non-hydrogen) atoms. The molecule has 1 aromatic rings. The number of carbonyl (C=O) groups is 2. The minimum absolute atomic E-state index is 0.0551. The van der Waals surface area contributed by atoms with E-state index in [0.29, 0.717) is 12.5 Å². The number of urea groups is 1. The van der Waals surface area contributed by atoms with Gasteiger partial charge in [0.1, 0.15) is 5.54 Å². The van der Waals surface area contributed by atoms with Crippen LogP contribution in [0.25, 0.3) is 0 Å². The van der Waals surface area contributed by atoms with Crippen LogP contribution in [0.3, 0.4) is 0 Å². The van der Waals surface area contributed by atoms with E-state index >= 15 is 0 Å². The Morgan fingerprint density at radius 1 is 1.45 bits per heavy atom. The van der Waals surface area contributed by atoms with Gasteiger partial charge >= 0.3 is 6.03 Å². The Kier molecular flexibility index (Phi) is 3.28. The zero-order valence-electron chi connectivity index (χ0n) is 11.8. The lowest BCUT2D eigenvalue weighted by Gasteiger charge is -2.33. The number of imide groups is 1. The quantitative estimate of drug-likeness (QED) is 0.852. The van der Waals surface area contributed by atoms with Crippen LogP contribution in [0.2, 0.25) is 0 Å². The molecule has 0 bridgehead atoms. The molecule has 1 aliphatic heterocycles. The molecular formula is C14H19N3O2S. The Balaban J connectivity index is 1.77. The van der Waals surface area contributed by atoms with E-state index in [1.54, 1.807) is 6.20 Å². The molecular weight excluding hydrogens is 274 g/mol. The largest absolute Gasteiger partial charge is 0.325 e. The molecule has 2 aliphatic rings. The Morgan fingerprint density at radius 2 is 2.15 bits per heavy atom. The van der Waals surface area contributed by atoms with Crippen molar-refractivity contribution in [2.75, 3.05) is 0 Å². The Hall–Kier alpha value is -1.43. The van der Waals surface area contributed by atoms with Crippen molar-refractivity contribution in [3.63, 3.8) is 0 Å². The predicted molar refractivity (Wildman–Crippen MR) is 76.3 cm³/mol. The molecule has 3 amide bonds. The van der Waals surface area contributed by atoms with E-state index in [9.17, 15) is 9.59 Å². The summed E-state index contributed by atoms with van der Waals surface area (Å²) in [4.78, 5) is 31.2. The summed E-state index contributed by atoms with van der Waals surface area (Å²) in [5.74, 6) is 0.587. The summed E-state index contributed by atoms with van der Waals surface area (Å²) in [7, 11) is 0. The maximum Gasteiger partial charge on any atom is 0.325 e. The van der Waals surface area contributed by atoms with E-state index in [2.05, 4.69) is 17.2 Å². The summed E-state index contributed by atoms with van der Waals surface area (Å²) >= 11 is 1.53. The van der Waals surface area contributed by atoms with Crippen molar-refractivity contribution < 1.29 is 9.59 Å². The molecule has 1 spiro atoms. The number of nitrogens with one attached hydrogen (secondary N) is 1. The van der Waals surface area contributed by atoms with Gasteiger partial charge in [0.05, 0.1) is 11.6 Å². The number of aromatic nitrogens is 1. The molecule has 0 unspecified atom stereocenters. The molecule has 1 N–H and O–H groups in total. The van der Waals surface area contributed by atoms with Crippen molar-refractivity contribution in [3.8, 4) is 0 Å². The fraction of sp³-hybridized carbons (Fsp3) is 0.643. The Labute approximate surface area is 122 Å². The van der Waals surface area contributed by atoms with Gasteiger partial charge in [0.25, 0.3) is 5.91 Å². The first-order valence-corrected chi connectivity index (χ1v) is 7.87. The smallest absolute Gasteiger partial charge is 0.323 e. The normalized spacial score (nSPS) is 30.1. The number of carbonyl (C=O) groups excluding carboxylic acids is 2. The molecule has 1 aromatic heterocycles. The van der Waals surface area contributed by atoms with Crippen LogP contribution in [0.15, 0.2) is 6.20 Å². The van der Waals surface area contributed by atoms with Crippen molar-refractivity contribution in [3.05, 3.63) is 16.1 Å². The lowest BCUT2D eigenvalue weighted by Crippen LogP contribution is -2.49. The zero-order valence-corrected chi connectivity index (χ0v) is 12.6. The third kappa shape index (κ3) is 2.22. The third-order valence-electron chi connectivity index (χ3n) is 4.36. The molecule has 1 saturated heterocycles. The Bertz CT molecular complexity index is 546. The summed E-state index contributed by atoms with van der Waals surface area (Å²) in [6.07, 6.45) is 5.27. The van der Waals surface area contributed by atoms with Gasteiger partial charge in [0.15, 0.2) is 0 Å². The fourth-order valence-electron chi connectivity index (χ4n) is 3.05. The highest BCUT2D eigenvalue weighted by atomic mass is 32.1. The van der Waals surface area contributed by atoms with Crippen LogP contribution in [0, 0.1) is 12.8 Å². The van der Waals surface area contributed by atoms with E-state index in [4.69, 9.17) is 0 Å². The van der Waals surface area contributed by atoms with E-state index in [-0.39, 0.29) is 11.9 Å². The monoisotopic (exact) mass is 293 g/mol. The highest BCUT2D eigenvalue weighted by molar-refractivity contribution is 7.11. The van der Waals surface area contributed by atoms with Gasteiger partial charge in [-0.2, -0.15) is 0 Å². The molecule has 6 heteroatoms. The lowest BCUT2D eigenvalue weighted by atomic mass is 9.77. The van der Waals surface area contributed by atoms with Crippen molar-refractivity contribution in [1.82, 2.24) is 15.2 Å². The van der Waals surface area contributed by atoms with E-state index in [1.807, 2.05) is 6.92 Å². The molecule has 0 atom stereocenters.